The number of rotatable bonds is 6. The van der Waals surface area contributed by atoms with Gasteiger partial charge in [0.15, 0.2) is 11.5 Å². The van der Waals surface area contributed by atoms with Gasteiger partial charge in [-0.05, 0) is 31.2 Å². The minimum atomic E-state index is 0.0411. The van der Waals surface area contributed by atoms with Gasteiger partial charge in [0.1, 0.15) is 11.9 Å². The van der Waals surface area contributed by atoms with E-state index in [-0.39, 0.29) is 6.10 Å². The van der Waals surface area contributed by atoms with E-state index in [2.05, 4.69) is 11.8 Å². The number of para-hydroxylation sites is 2. The van der Waals surface area contributed by atoms with E-state index in [1.807, 2.05) is 24.3 Å². The van der Waals surface area contributed by atoms with Crippen molar-refractivity contribution in [1.29, 1.82) is 0 Å². The topological polar surface area (TPSA) is 83.0 Å². The van der Waals surface area contributed by atoms with Gasteiger partial charge >= 0.3 is 0 Å². The molecule has 0 aromatic heterocycles. The van der Waals surface area contributed by atoms with E-state index < -0.39 is 0 Å². The first-order valence-electron chi connectivity index (χ1n) is 8.50. The quantitative estimate of drug-likeness (QED) is 0.785. The smallest absolute Gasteiger partial charge is 0.169 e. The highest BCUT2D eigenvalue weighted by molar-refractivity contribution is 5.65. The van der Waals surface area contributed by atoms with Gasteiger partial charge in [-0.25, -0.2) is 0 Å². The van der Waals surface area contributed by atoms with Crippen molar-refractivity contribution in [1.82, 2.24) is 4.90 Å². The van der Waals surface area contributed by atoms with Crippen LogP contribution in [0.1, 0.15) is 6.92 Å². The number of nitrogens with zero attached hydrogens (tertiary/aromatic N) is 1. The zero-order valence-electron chi connectivity index (χ0n) is 14.5. The molecule has 1 atom stereocenters. The van der Waals surface area contributed by atoms with Gasteiger partial charge < -0.3 is 25.7 Å². The molecule has 1 heterocycles. The Morgan fingerprint density at radius 2 is 1.76 bits per heavy atom. The van der Waals surface area contributed by atoms with Crippen LogP contribution in [0, 0.1) is 0 Å². The maximum absolute atomic E-state index is 6.11. The number of benzene rings is 2. The number of hydrogen-bond acceptors (Lipinski definition) is 6. The van der Waals surface area contributed by atoms with Gasteiger partial charge in [-0.2, -0.15) is 0 Å². The van der Waals surface area contributed by atoms with Crippen LogP contribution in [0.2, 0.25) is 0 Å². The van der Waals surface area contributed by atoms with E-state index in [9.17, 15) is 0 Å². The average Bonchev–Trinajstić information content (AvgIpc) is 2.61. The second-order valence-corrected chi connectivity index (χ2v) is 6.18. The van der Waals surface area contributed by atoms with E-state index in [4.69, 9.17) is 25.7 Å². The molecule has 0 aliphatic carbocycles. The maximum atomic E-state index is 6.11. The summed E-state index contributed by atoms with van der Waals surface area (Å²) in [5.74, 6) is 1.99. The zero-order chi connectivity index (χ0) is 17.6. The summed E-state index contributed by atoms with van der Waals surface area (Å²) in [6.45, 7) is 6.36. The number of morpholine rings is 1. The Balaban J connectivity index is 1.66. The van der Waals surface area contributed by atoms with Crippen LogP contribution in [-0.4, -0.2) is 43.9 Å². The highest BCUT2D eigenvalue weighted by atomic mass is 16.5. The number of nitrogen functional groups attached to an aromatic ring is 2. The lowest BCUT2D eigenvalue weighted by molar-refractivity contribution is 0.0216. The van der Waals surface area contributed by atoms with Crippen molar-refractivity contribution < 1.29 is 14.2 Å². The molecular weight excluding hydrogens is 318 g/mol. The molecule has 1 fully saturated rings. The highest BCUT2D eigenvalue weighted by Gasteiger charge is 2.16. The van der Waals surface area contributed by atoms with E-state index in [1.165, 1.54) is 0 Å². The normalized spacial score (nSPS) is 16.4. The SMILES string of the molecule is CC(CN1CCOCC1)Oc1ccccc1Oc1ccc(N)c(N)c1. The van der Waals surface area contributed by atoms with Crippen molar-refractivity contribution >= 4 is 11.4 Å². The van der Waals surface area contributed by atoms with Crippen LogP contribution < -0.4 is 20.9 Å². The van der Waals surface area contributed by atoms with Crippen molar-refractivity contribution in [3.05, 3.63) is 42.5 Å². The monoisotopic (exact) mass is 343 g/mol. The number of hydrogen-bond donors (Lipinski definition) is 2. The van der Waals surface area contributed by atoms with Gasteiger partial charge in [-0.15, -0.1) is 0 Å². The van der Waals surface area contributed by atoms with Crippen molar-refractivity contribution in [2.45, 2.75) is 13.0 Å². The van der Waals surface area contributed by atoms with Crippen LogP contribution in [0.25, 0.3) is 0 Å². The Bertz CT molecular complexity index is 702. The standard InChI is InChI=1S/C19H25N3O3/c1-14(13-22-8-10-23-11-9-22)24-18-4-2-3-5-19(18)25-15-6-7-16(20)17(21)12-15/h2-7,12,14H,8-11,13,20-21H2,1H3. The van der Waals surface area contributed by atoms with E-state index in [1.54, 1.807) is 18.2 Å². The Kier molecular flexibility index (Phi) is 5.63. The van der Waals surface area contributed by atoms with E-state index in [0.717, 1.165) is 32.8 Å². The van der Waals surface area contributed by atoms with Crippen LogP contribution in [0.4, 0.5) is 11.4 Å². The van der Waals surface area contributed by atoms with Crippen LogP contribution in [-0.2, 0) is 4.74 Å². The summed E-state index contributed by atoms with van der Waals surface area (Å²) < 4.78 is 17.4. The summed E-state index contributed by atoms with van der Waals surface area (Å²) in [4.78, 5) is 2.35. The summed E-state index contributed by atoms with van der Waals surface area (Å²) in [5, 5.41) is 0. The number of nitrogens with two attached hydrogens (primary N) is 2. The molecule has 3 rings (SSSR count). The molecule has 134 valence electrons. The minimum Gasteiger partial charge on any atom is -0.485 e. The van der Waals surface area contributed by atoms with Gasteiger partial charge in [0, 0.05) is 25.7 Å². The molecule has 6 heteroatoms. The van der Waals surface area contributed by atoms with Crippen LogP contribution >= 0.6 is 0 Å². The van der Waals surface area contributed by atoms with Crippen molar-refractivity contribution in [3.8, 4) is 17.2 Å². The molecule has 25 heavy (non-hydrogen) atoms. The third kappa shape index (κ3) is 4.78. The molecule has 0 spiro atoms. The number of anilines is 2. The third-order valence-electron chi connectivity index (χ3n) is 4.08. The first kappa shape index (κ1) is 17.4. The van der Waals surface area contributed by atoms with E-state index >= 15 is 0 Å². The minimum absolute atomic E-state index is 0.0411. The van der Waals surface area contributed by atoms with Crippen molar-refractivity contribution in [2.75, 3.05) is 44.3 Å². The molecular formula is C19H25N3O3. The van der Waals surface area contributed by atoms with Gasteiger partial charge in [0.25, 0.3) is 0 Å². The molecule has 4 N–H and O–H groups in total. The summed E-state index contributed by atoms with van der Waals surface area (Å²) >= 11 is 0. The fraction of sp³-hybridized carbons (Fsp3) is 0.368. The van der Waals surface area contributed by atoms with Crippen LogP contribution in [0.5, 0.6) is 17.2 Å². The predicted octanol–water partition coefficient (Wildman–Crippen LogP) is 2.74. The first-order valence-corrected chi connectivity index (χ1v) is 8.50. The molecule has 0 saturated carbocycles. The lowest BCUT2D eigenvalue weighted by Crippen LogP contribution is -2.41. The summed E-state index contributed by atoms with van der Waals surface area (Å²) in [6, 6.07) is 12.9. The van der Waals surface area contributed by atoms with Gasteiger partial charge in [-0.1, -0.05) is 12.1 Å². The first-order chi connectivity index (χ1) is 12.1. The van der Waals surface area contributed by atoms with Gasteiger partial charge in [0.2, 0.25) is 0 Å². The third-order valence-corrected chi connectivity index (χ3v) is 4.08. The Morgan fingerprint density at radius 1 is 1.04 bits per heavy atom. The van der Waals surface area contributed by atoms with Crippen LogP contribution in [0.3, 0.4) is 0 Å². The Morgan fingerprint density at radius 3 is 2.48 bits per heavy atom. The van der Waals surface area contributed by atoms with Gasteiger partial charge in [-0.3, -0.25) is 4.90 Å². The van der Waals surface area contributed by atoms with E-state index in [0.29, 0.717) is 28.6 Å². The molecule has 1 unspecified atom stereocenters. The average molecular weight is 343 g/mol. The Labute approximate surface area is 148 Å². The summed E-state index contributed by atoms with van der Waals surface area (Å²) in [5.41, 5.74) is 12.6. The fourth-order valence-corrected chi connectivity index (χ4v) is 2.78. The second kappa shape index (κ2) is 8.09. The lowest BCUT2D eigenvalue weighted by Gasteiger charge is -2.29. The molecule has 1 aliphatic heterocycles. The molecule has 0 amide bonds. The molecule has 0 radical (unpaired) electrons. The fourth-order valence-electron chi connectivity index (χ4n) is 2.78. The van der Waals surface area contributed by atoms with Crippen LogP contribution in [0.15, 0.2) is 42.5 Å². The Hall–Kier alpha value is -2.44. The number of ether oxygens (including phenoxy) is 3. The molecule has 1 aliphatic rings. The van der Waals surface area contributed by atoms with Gasteiger partial charge in [0.05, 0.1) is 24.6 Å². The molecule has 6 nitrogen and oxygen atoms in total. The second-order valence-electron chi connectivity index (χ2n) is 6.18. The largest absolute Gasteiger partial charge is 0.485 e. The summed E-state index contributed by atoms with van der Waals surface area (Å²) in [7, 11) is 0. The zero-order valence-corrected chi connectivity index (χ0v) is 14.5. The maximum Gasteiger partial charge on any atom is 0.169 e. The predicted molar refractivity (Wildman–Crippen MR) is 99.1 cm³/mol. The van der Waals surface area contributed by atoms with Crippen molar-refractivity contribution in [2.24, 2.45) is 0 Å². The summed E-state index contributed by atoms with van der Waals surface area (Å²) in [6.07, 6.45) is 0.0411. The lowest BCUT2D eigenvalue weighted by atomic mass is 10.2. The molecule has 1 saturated heterocycles. The molecule has 0 bridgehead atoms. The molecule has 2 aromatic rings. The highest BCUT2D eigenvalue weighted by Crippen LogP contribution is 2.33. The van der Waals surface area contributed by atoms with Crippen molar-refractivity contribution in [3.63, 3.8) is 0 Å². The molecule has 2 aromatic carbocycles.